The Morgan fingerprint density at radius 2 is 1.62 bits per heavy atom. The molecule has 0 atom stereocenters. The van der Waals surface area contributed by atoms with Gasteiger partial charge in [-0.25, -0.2) is 0 Å². The van der Waals surface area contributed by atoms with Gasteiger partial charge in [-0.3, -0.25) is 0 Å². The van der Waals surface area contributed by atoms with Crippen LogP contribution in [0, 0.1) is 0 Å². The summed E-state index contributed by atoms with van der Waals surface area (Å²) in [7, 11) is 3.70. The molecule has 0 unspecified atom stereocenters. The maximum atomic E-state index is 6.39. The molecule has 7 heteroatoms. The maximum Gasteiger partial charge on any atom is 0.497 e. The van der Waals surface area contributed by atoms with Gasteiger partial charge in [0.25, 0.3) is 0 Å². The van der Waals surface area contributed by atoms with E-state index in [9.17, 15) is 0 Å². The SMILES string of the molecule is CN(Sc1ccc(N)cc1)c1cc2ccn(C)c2cc1B1OC(C)(C)C(C)(C)O1. The highest BCUT2D eigenvalue weighted by Gasteiger charge is 2.52. The summed E-state index contributed by atoms with van der Waals surface area (Å²) in [6.07, 6.45) is 2.08. The molecule has 1 saturated heterocycles. The second-order valence-corrected chi connectivity index (χ2v) is 9.84. The van der Waals surface area contributed by atoms with Crippen LogP contribution < -0.4 is 15.5 Å². The van der Waals surface area contributed by atoms with E-state index in [4.69, 9.17) is 15.0 Å². The molecular formula is C22H28BN3O2S. The molecule has 3 aromatic rings. The van der Waals surface area contributed by atoms with E-state index >= 15 is 0 Å². The minimum atomic E-state index is -0.427. The van der Waals surface area contributed by atoms with Crippen LogP contribution in [-0.2, 0) is 16.4 Å². The van der Waals surface area contributed by atoms with Crippen LogP contribution in [-0.4, -0.2) is 29.9 Å². The molecule has 5 nitrogen and oxygen atoms in total. The molecule has 1 aliphatic rings. The average molecular weight is 409 g/mol. The summed E-state index contributed by atoms with van der Waals surface area (Å²) in [6, 6.07) is 14.4. The molecule has 0 radical (unpaired) electrons. The number of nitrogens with two attached hydrogens (primary N) is 1. The van der Waals surface area contributed by atoms with Crippen LogP contribution >= 0.6 is 11.9 Å². The molecular weight excluding hydrogens is 381 g/mol. The van der Waals surface area contributed by atoms with Crippen molar-refractivity contribution in [3.8, 4) is 0 Å². The van der Waals surface area contributed by atoms with Gasteiger partial charge in [-0.2, -0.15) is 0 Å². The third-order valence-electron chi connectivity index (χ3n) is 6.00. The van der Waals surface area contributed by atoms with Gasteiger partial charge in [0.15, 0.2) is 0 Å². The van der Waals surface area contributed by atoms with Crippen molar-refractivity contribution in [3.63, 3.8) is 0 Å². The number of nitrogen functional groups attached to an aromatic ring is 1. The molecule has 0 spiro atoms. The summed E-state index contributed by atoms with van der Waals surface area (Å²) in [6.45, 7) is 8.34. The van der Waals surface area contributed by atoms with Crippen LogP contribution in [0.4, 0.5) is 11.4 Å². The lowest BCUT2D eigenvalue weighted by Gasteiger charge is -2.32. The second kappa shape index (κ2) is 7.01. The number of hydrogen-bond acceptors (Lipinski definition) is 5. The second-order valence-electron chi connectivity index (χ2n) is 8.64. The van der Waals surface area contributed by atoms with Gasteiger partial charge < -0.3 is 23.9 Å². The number of rotatable bonds is 4. The minimum absolute atomic E-state index is 0.388. The van der Waals surface area contributed by atoms with E-state index in [2.05, 4.69) is 75.1 Å². The van der Waals surface area contributed by atoms with Crippen molar-refractivity contribution in [1.82, 2.24) is 4.57 Å². The predicted molar refractivity (Wildman–Crippen MR) is 124 cm³/mol. The van der Waals surface area contributed by atoms with Crippen molar-refractivity contribution in [3.05, 3.63) is 48.7 Å². The quantitative estimate of drug-likeness (QED) is 0.398. The summed E-state index contributed by atoms with van der Waals surface area (Å²) in [5, 5.41) is 1.19. The van der Waals surface area contributed by atoms with Gasteiger partial charge in [0.2, 0.25) is 0 Å². The molecule has 2 aromatic carbocycles. The molecule has 29 heavy (non-hydrogen) atoms. The fourth-order valence-electron chi connectivity index (χ4n) is 3.49. The van der Waals surface area contributed by atoms with Crippen molar-refractivity contribution in [1.29, 1.82) is 0 Å². The Hall–Kier alpha value is -2.09. The molecule has 0 aliphatic carbocycles. The number of anilines is 2. The number of nitrogens with zero attached hydrogens (tertiary/aromatic N) is 2. The van der Waals surface area contributed by atoms with E-state index in [1.807, 2.05) is 24.3 Å². The van der Waals surface area contributed by atoms with Crippen molar-refractivity contribution >= 4 is 46.8 Å². The first-order valence-corrected chi connectivity index (χ1v) is 10.6. The molecule has 2 N–H and O–H groups in total. The zero-order valence-electron chi connectivity index (χ0n) is 17.9. The molecule has 0 saturated carbocycles. The Morgan fingerprint density at radius 3 is 2.24 bits per heavy atom. The lowest BCUT2D eigenvalue weighted by molar-refractivity contribution is 0.00578. The summed E-state index contributed by atoms with van der Waals surface area (Å²) >= 11 is 1.65. The first kappa shape index (κ1) is 20.2. The van der Waals surface area contributed by atoms with Crippen LogP contribution in [0.2, 0.25) is 0 Å². The lowest BCUT2D eigenvalue weighted by Crippen LogP contribution is -2.41. The fourth-order valence-corrected chi connectivity index (χ4v) is 4.32. The van der Waals surface area contributed by atoms with Crippen LogP contribution in [0.5, 0.6) is 0 Å². The number of aromatic nitrogens is 1. The Bertz CT molecular complexity index is 1030. The first-order valence-electron chi connectivity index (χ1n) is 9.79. The van der Waals surface area contributed by atoms with Gasteiger partial charge in [0.05, 0.1) is 11.2 Å². The molecule has 152 valence electrons. The Kier molecular flexibility index (Phi) is 4.88. The normalized spacial score (nSPS) is 17.8. The summed E-state index contributed by atoms with van der Waals surface area (Å²) in [4.78, 5) is 1.12. The van der Waals surface area contributed by atoms with Crippen molar-refractivity contribution in [2.45, 2.75) is 43.8 Å². The van der Waals surface area contributed by atoms with Crippen LogP contribution in [0.15, 0.2) is 53.6 Å². The number of fused-ring (bicyclic) bond motifs is 1. The highest BCUT2D eigenvalue weighted by Crippen LogP contribution is 2.38. The Labute approximate surface area is 177 Å². The van der Waals surface area contributed by atoms with Crippen molar-refractivity contribution in [2.24, 2.45) is 7.05 Å². The molecule has 2 heterocycles. The van der Waals surface area contributed by atoms with Gasteiger partial charge in [-0.05, 0) is 82.1 Å². The smallest absolute Gasteiger partial charge is 0.399 e. The van der Waals surface area contributed by atoms with E-state index in [-0.39, 0.29) is 11.2 Å². The molecule has 0 amide bonds. The zero-order valence-corrected chi connectivity index (χ0v) is 18.7. The van der Waals surface area contributed by atoms with Crippen molar-refractivity contribution < 1.29 is 9.31 Å². The lowest BCUT2D eigenvalue weighted by atomic mass is 9.77. The van der Waals surface area contributed by atoms with Gasteiger partial charge in [-0.15, -0.1) is 0 Å². The fraction of sp³-hybridized carbons (Fsp3) is 0.364. The average Bonchev–Trinajstić information content (AvgIpc) is 3.11. The highest BCUT2D eigenvalue weighted by molar-refractivity contribution is 8.00. The van der Waals surface area contributed by atoms with Gasteiger partial charge in [0, 0.05) is 52.9 Å². The Morgan fingerprint density at radius 1 is 1.00 bits per heavy atom. The standard InChI is InChI=1S/C22H28BN3O2S/c1-21(2)22(3,4)28-23(27-21)18-14-19-15(11-12-25(19)5)13-20(18)26(6)29-17-9-7-16(24)8-10-17/h7-14H,24H2,1-6H3. The maximum absolute atomic E-state index is 6.39. The van der Waals surface area contributed by atoms with Crippen molar-refractivity contribution in [2.75, 3.05) is 17.1 Å². The molecule has 4 rings (SSSR count). The zero-order chi connectivity index (χ0) is 21.0. The third kappa shape index (κ3) is 3.63. The van der Waals surface area contributed by atoms with E-state index in [1.54, 1.807) is 11.9 Å². The van der Waals surface area contributed by atoms with Gasteiger partial charge in [-0.1, -0.05) is 0 Å². The predicted octanol–water partition coefficient (Wildman–Crippen LogP) is 4.20. The van der Waals surface area contributed by atoms with E-state index in [0.29, 0.717) is 0 Å². The first-order chi connectivity index (χ1) is 13.6. The largest absolute Gasteiger partial charge is 0.497 e. The molecule has 1 aromatic heterocycles. The van der Waals surface area contributed by atoms with E-state index in [0.717, 1.165) is 27.2 Å². The number of aryl methyl sites for hydroxylation is 1. The Balaban J connectivity index is 1.76. The highest BCUT2D eigenvalue weighted by atomic mass is 32.2. The number of hydrogen-bond donors (Lipinski definition) is 1. The molecule has 0 bridgehead atoms. The van der Waals surface area contributed by atoms with E-state index < -0.39 is 7.12 Å². The topological polar surface area (TPSA) is 52.7 Å². The summed E-state index contributed by atoms with van der Waals surface area (Å²) in [5.41, 5.74) is 9.08. The van der Waals surface area contributed by atoms with Crippen LogP contribution in [0.25, 0.3) is 10.9 Å². The van der Waals surface area contributed by atoms with Crippen LogP contribution in [0.1, 0.15) is 27.7 Å². The number of benzene rings is 2. The third-order valence-corrected chi connectivity index (χ3v) is 6.96. The van der Waals surface area contributed by atoms with E-state index in [1.165, 1.54) is 5.39 Å². The molecule has 1 fully saturated rings. The van der Waals surface area contributed by atoms with Gasteiger partial charge >= 0.3 is 7.12 Å². The van der Waals surface area contributed by atoms with Gasteiger partial charge in [0.1, 0.15) is 0 Å². The minimum Gasteiger partial charge on any atom is -0.399 e. The molecule has 1 aliphatic heterocycles. The summed E-state index contributed by atoms with van der Waals surface area (Å²) in [5.74, 6) is 0. The van der Waals surface area contributed by atoms with Crippen LogP contribution in [0.3, 0.4) is 0 Å². The summed E-state index contributed by atoms with van der Waals surface area (Å²) < 4.78 is 17.1. The monoisotopic (exact) mass is 409 g/mol.